The van der Waals surface area contributed by atoms with Gasteiger partial charge in [0, 0.05) is 21.2 Å². The topological polar surface area (TPSA) is 3.24 Å². The average Bonchev–Trinajstić information content (AvgIpc) is 3.13. The molecule has 0 fully saturated rings. The third-order valence-corrected chi connectivity index (χ3v) is 7.56. The van der Waals surface area contributed by atoms with Crippen molar-refractivity contribution in [3.8, 4) is 0 Å². The predicted octanol–water partition coefficient (Wildman–Crippen LogP) is 10.3. The van der Waals surface area contributed by atoms with Crippen LogP contribution in [0.4, 0.5) is 17.1 Å². The lowest BCUT2D eigenvalue weighted by atomic mass is 9.86. The maximum Gasteiger partial charge on any atom is 0.0832 e. The van der Waals surface area contributed by atoms with Gasteiger partial charge in [0.2, 0.25) is 0 Å². The van der Waals surface area contributed by atoms with Crippen molar-refractivity contribution in [1.82, 2.24) is 0 Å². The molecule has 0 amide bonds. The summed E-state index contributed by atoms with van der Waals surface area (Å²) >= 11 is 15.0. The summed E-state index contributed by atoms with van der Waals surface area (Å²) in [5.74, 6) is 0. The lowest BCUT2D eigenvalue weighted by Crippen LogP contribution is -2.15. The molecular weight excluding hydrogens is 453 g/mol. The van der Waals surface area contributed by atoms with E-state index in [4.69, 9.17) is 23.2 Å². The summed E-state index contributed by atoms with van der Waals surface area (Å²) in [4.78, 5) is 2.24. The van der Waals surface area contributed by atoms with Gasteiger partial charge in [-0.15, -0.1) is 11.3 Å². The second kappa shape index (κ2) is 8.41. The third-order valence-electron chi connectivity index (χ3n) is 5.80. The summed E-state index contributed by atoms with van der Waals surface area (Å²) in [7, 11) is 0. The first kappa shape index (κ1) is 23.2. The molecule has 4 aromatic rings. The van der Waals surface area contributed by atoms with Crippen molar-refractivity contribution in [3.63, 3.8) is 0 Å². The van der Waals surface area contributed by atoms with E-state index in [2.05, 4.69) is 94.3 Å². The fourth-order valence-corrected chi connectivity index (χ4v) is 5.13. The first-order valence-electron chi connectivity index (χ1n) is 10.8. The summed E-state index contributed by atoms with van der Waals surface area (Å²) < 4.78 is 1.25. The largest absolute Gasteiger partial charge is 0.307 e. The van der Waals surface area contributed by atoms with E-state index in [1.54, 1.807) is 11.3 Å². The number of anilines is 3. The molecule has 0 N–H and O–H groups in total. The van der Waals surface area contributed by atoms with Crippen molar-refractivity contribution in [3.05, 3.63) is 87.2 Å². The van der Waals surface area contributed by atoms with Crippen LogP contribution in [0, 0.1) is 0 Å². The van der Waals surface area contributed by atoms with Gasteiger partial charge in [-0.25, -0.2) is 0 Å². The molecule has 32 heavy (non-hydrogen) atoms. The second-order valence-corrected chi connectivity index (χ2v) is 12.0. The Kier molecular flexibility index (Phi) is 6.09. The van der Waals surface area contributed by atoms with E-state index in [1.807, 2.05) is 18.2 Å². The molecule has 0 unspecified atom stereocenters. The average molecular weight is 483 g/mol. The molecule has 0 saturated carbocycles. The molecule has 3 aromatic carbocycles. The third kappa shape index (κ3) is 4.41. The maximum atomic E-state index is 6.77. The Hall–Kier alpha value is -2.00. The van der Waals surface area contributed by atoms with E-state index in [1.165, 1.54) is 21.2 Å². The Labute approximate surface area is 205 Å². The summed E-state index contributed by atoms with van der Waals surface area (Å²) in [6.45, 7) is 13.4. The van der Waals surface area contributed by atoms with Gasteiger partial charge in [0.25, 0.3) is 0 Å². The van der Waals surface area contributed by atoms with Crippen LogP contribution in [0.2, 0.25) is 10.0 Å². The molecule has 4 heteroatoms. The van der Waals surface area contributed by atoms with Gasteiger partial charge >= 0.3 is 0 Å². The molecule has 0 atom stereocenters. The highest BCUT2D eigenvalue weighted by Gasteiger charge is 2.23. The predicted molar refractivity (Wildman–Crippen MR) is 144 cm³/mol. The molecule has 0 bridgehead atoms. The summed E-state index contributed by atoms with van der Waals surface area (Å²) in [6, 6.07) is 21.3. The Morgan fingerprint density at radius 1 is 0.719 bits per heavy atom. The molecule has 0 aliphatic carbocycles. The summed E-state index contributed by atoms with van der Waals surface area (Å²) in [5, 5.41) is 4.55. The molecule has 1 heterocycles. The second-order valence-electron chi connectivity index (χ2n) is 10.3. The van der Waals surface area contributed by atoms with Crippen molar-refractivity contribution in [2.24, 2.45) is 0 Å². The highest BCUT2D eigenvalue weighted by molar-refractivity contribution is 7.17. The summed E-state index contributed by atoms with van der Waals surface area (Å²) in [6.07, 6.45) is 0. The number of hydrogen-bond acceptors (Lipinski definition) is 2. The molecule has 1 aromatic heterocycles. The number of halogens is 2. The molecule has 0 radical (unpaired) electrons. The Bertz CT molecular complexity index is 1270. The highest BCUT2D eigenvalue weighted by Crippen LogP contribution is 2.47. The van der Waals surface area contributed by atoms with E-state index in [9.17, 15) is 0 Å². The van der Waals surface area contributed by atoms with Crippen molar-refractivity contribution in [1.29, 1.82) is 0 Å². The highest BCUT2D eigenvalue weighted by atomic mass is 35.5. The number of thiophene rings is 1. The quantitative estimate of drug-likeness (QED) is 0.281. The minimum atomic E-state index is 0.0376. The van der Waals surface area contributed by atoms with Gasteiger partial charge in [-0.2, -0.15) is 0 Å². The van der Waals surface area contributed by atoms with Crippen LogP contribution in [-0.2, 0) is 10.8 Å². The van der Waals surface area contributed by atoms with Crippen molar-refractivity contribution >= 4 is 61.7 Å². The zero-order valence-corrected chi connectivity index (χ0v) is 21.8. The van der Waals surface area contributed by atoms with Crippen molar-refractivity contribution in [2.45, 2.75) is 52.4 Å². The molecule has 0 saturated heterocycles. The van der Waals surface area contributed by atoms with Gasteiger partial charge in [0.05, 0.1) is 21.4 Å². The molecule has 0 spiro atoms. The lowest BCUT2D eigenvalue weighted by molar-refractivity contribution is 0.590. The van der Waals surface area contributed by atoms with Gasteiger partial charge in [-0.1, -0.05) is 89.0 Å². The molecule has 0 aliphatic heterocycles. The van der Waals surface area contributed by atoms with E-state index in [-0.39, 0.29) is 10.8 Å². The minimum absolute atomic E-state index is 0.0376. The van der Waals surface area contributed by atoms with Crippen LogP contribution in [-0.4, -0.2) is 0 Å². The van der Waals surface area contributed by atoms with Crippen molar-refractivity contribution in [2.75, 3.05) is 4.90 Å². The van der Waals surface area contributed by atoms with E-state index in [0.717, 1.165) is 17.1 Å². The number of hydrogen-bond donors (Lipinski definition) is 0. The Morgan fingerprint density at radius 3 is 2.06 bits per heavy atom. The van der Waals surface area contributed by atoms with Crippen LogP contribution in [0.5, 0.6) is 0 Å². The van der Waals surface area contributed by atoms with Gasteiger partial charge in [0.1, 0.15) is 0 Å². The standard InChI is InChI=1S/C28H29Cl2NS/c1-27(2,3)18-9-7-10-20(15-18)31(23-12-8-11-22(29)26(23)30)24-17-32-25-14-13-19(16-21(24)25)28(4,5)6/h7-17H,1-6H3. The summed E-state index contributed by atoms with van der Waals surface area (Å²) in [5.41, 5.74) is 5.76. The van der Waals surface area contributed by atoms with E-state index >= 15 is 0 Å². The SMILES string of the molecule is CC(C)(C)c1cccc(N(c2cccc(Cl)c2Cl)c2csc3ccc(C(C)(C)C)cc23)c1. The number of nitrogens with zero attached hydrogens (tertiary/aromatic N) is 1. The normalized spacial score (nSPS) is 12.4. The monoisotopic (exact) mass is 481 g/mol. The van der Waals surface area contributed by atoms with Crippen LogP contribution in [0.1, 0.15) is 52.7 Å². The van der Waals surface area contributed by atoms with Gasteiger partial charge in [0.15, 0.2) is 0 Å². The molecule has 166 valence electrons. The zero-order chi connectivity index (χ0) is 23.3. The van der Waals surface area contributed by atoms with Crippen LogP contribution in [0.25, 0.3) is 10.1 Å². The maximum absolute atomic E-state index is 6.77. The first-order chi connectivity index (χ1) is 15.0. The Balaban J connectivity index is 2.01. The molecular formula is C28H29Cl2NS. The van der Waals surface area contributed by atoms with Crippen molar-refractivity contribution < 1.29 is 0 Å². The minimum Gasteiger partial charge on any atom is -0.307 e. The van der Waals surface area contributed by atoms with Gasteiger partial charge in [-0.05, 0) is 58.4 Å². The van der Waals surface area contributed by atoms with Gasteiger partial charge < -0.3 is 4.90 Å². The number of benzene rings is 3. The first-order valence-corrected chi connectivity index (χ1v) is 12.5. The van der Waals surface area contributed by atoms with Gasteiger partial charge in [-0.3, -0.25) is 0 Å². The van der Waals surface area contributed by atoms with E-state index in [0.29, 0.717) is 10.0 Å². The van der Waals surface area contributed by atoms with Crippen LogP contribution >= 0.6 is 34.5 Å². The smallest absolute Gasteiger partial charge is 0.0832 e. The Morgan fingerprint density at radius 2 is 1.38 bits per heavy atom. The van der Waals surface area contributed by atoms with Crippen LogP contribution < -0.4 is 4.90 Å². The zero-order valence-electron chi connectivity index (χ0n) is 19.5. The number of fused-ring (bicyclic) bond motifs is 1. The molecule has 1 nitrogen and oxygen atoms in total. The lowest BCUT2D eigenvalue weighted by Gasteiger charge is -2.28. The fraction of sp³-hybridized carbons (Fsp3) is 0.286. The molecule has 4 rings (SSSR count). The number of rotatable bonds is 3. The molecule has 0 aliphatic rings. The van der Waals surface area contributed by atoms with E-state index < -0.39 is 0 Å². The van der Waals surface area contributed by atoms with Crippen LogP contribution in [0.15, 0.2) is 66.0 Å². The van der Waals surface area contributed by atoms with Crippen LogP contribution in [0.3, 0.4) is 0 Å². The fourth-order valence-electron chi connectivity index (χ4n) is 3.84.